The van der Waals surface area contributed by atoms with Crippen LogP contribution in [-0.4, -0.2) is 21.4 Å². The van der Waals surface area contributed by atoms with Crippen molar-refractivity contribution in [3.63, 3.8) is 0 Å². The summed E-state index contributed by atoms with van der Waals surface area (Å²) in [4.78, 5) is 15.4. The standard InChI is InChI=1S/C27H31ClN2O/c1-2-3-4-8-21-12-14-22(15-13-21)27(31)30(24-16-17-24)20-25-10-7-18-29(25)19-23-9-5-6-11-26(23)28/h5-7,9-15,18,24H,2-4,8,16-17,19-20H2,1H3. The van der Waals surface area contributed by atoms with Gasteiger partial charge < -0.3 is 9.47 Å². The van der Waals surface area contributed by atoms with Crippen LogP contribution in [0.1, 0.15) is 66.2 Å². The molecule has 1 fully saturated rings. The van der Waals surface area contributed by atoms with E-state index in [1.165, 1.54) is 24.8 Å². The molecule has 0 aliphatic heterocycles. The molecule has 3 aromatic rings. The summed E-state index contributed by atoms with van der Waals surface area (Å²) in [6.45, 7) is 3.56. The largest absolute Gasteiger partial charge is 0.345 e. The summed E-state index contributed by atoms with van der Waals surface area (Å²) in [5.74, 6) is 0.133. The van der Waals surface area contributed by atoms with E-state index in [0.29, 0.717) is 19.1 Å². The van der Waals surface area contributed by atoms with Crippen molar-refractivity contribution in [2.45, 2.75) is 64.6 Å². The maximum atomic E-state index is 13.3. The van der Waals surface area contributed by atoms with E-state index in [4.69, 9.17) is 11.6 Å². The second-order valence-electron chi connectivity index (χ2n) is 8.54. The van der Waals surface area contributed by atoms with Gasteiger partial charge in [0.15, 0.2) is 0 Å². The molecule has 0 unspecified atom stereocenters. The van der Waals surface area contributed by atoms with Crippen LogP contribution in [0.25, 0.3) is 0 Å². The number of amides is 1. The van der Waals surface area contributed by atoms with Crippen molar-refractivity contribution in [2.24, 2.45) is 0 Å². The fraction of sp³-hybridized carbons (Fsp3) is 0.370. The number of unbranched alkanes of at least 4 members (excludes halogenated alkanes) is 2. The van der Waals surface area contributed by atoms with Crippen molar-refractivity contribution in [1.29, 1.82) is 0 Å². The molecule has 3 nitrogen and oxygen atoms in total. The Labute approximate surface area is 190 Å². The molecule has 1 saturated carbocycles. The Morgan fingerprint density at radius 2 is 1.81 bits per heavy atom. The number of benzene rings is 2. The highest BCUT2D eigenvalue weighted by molar-refractivity contribution is 6.31. The van der Waals surface area contributed by atoms with Crippen LogP contribution in [0.15, 0.2) is 66.9 Å². The van der Waals surface area contributed by atoms with Crippen LogP contribution in [0, 0.1) is 0 Å². The number of rotatable bonds is 10. The minimum atomic E-state index is 0.133. The van der Waals surface area contributed by atoms with Crippen LogP contribution in [0.3, 0.4) is 0 Å². The van der Waals surface area contributed by atoms with Gasteiger partial charge in [0.05, 0.1) is 6.54 Å². The smallest absolute Gasteiger partial charge is 0.254 e. The van der Waals surface area contributed by atoms with Gasteiger partial charge in [0.2, 0.25) is 0 Å². The van der Waals surface area contributed by atoms with Crippen LogP contribution in [0.4, 0.5) is 0 Å². The van der Waals surface area contributed by atoms with Gasteiger partial charge in [-0.1, -0.05) is 61.7 Å². The third kappa shape index (κ3) is 5.59. The molecule has 0 saturated heterocycles. The number of carbonyl (C=O) groups is 1. The molecular weight excluding hydrogens is 404 g/mol. The summed E-state index contributed by atoms with van der Waals surface area (Å²) in [7, 11) is 0. The maximum absolute atomic E-state index is 13.3. The van der Waals surface area contributed by atoms with Gasteiger partial charge in [-0.25, -0.2) is 0 Å². The van der Waals surface area contributed by atoms with Crippen molar-refractivity contribution in [1.82, 2.24) is 9.47 Å². The Hall–Kier alpha value is -2.52. The van der Waals surface area contributed by atoms with Crippen LogP contribution in [0.2, 0.25) is 5.02 Å². The topological polar surface area (TPSA) is 25.2 Å². The lowest BCUT2D eigenvalue weighted by Crippen LogP contribution is -2.33. The van der Waals surface area contributed by atoms with E-state index in [0.717, 1.165) is 41.1 Å². The molecule has 0 radical (unpaired) electrons. The third-order valence-electron chi connectivity index (χ3n) is 6.07. The van der Waals surface area contributed by atoms with E-state index in [2.05, 4.69) is 42.0 Å². The van der Waals surface area contributed by atoms with Gasteiger partial charge >= 0.3 is 0 Å². The van der Waals surface area contributed by atoms with Crippen molar-refractivity contribution in [3.8, 4) is 0 Å². The number of aromatic nitrogens is 1. The summed E-state index contributed by atoms with van der Waals surface area (Å²) >= 11 is 6.36. The zero-order valence-electron chi connectivity index (χ0n) is 18.3. The maximum Gasteiger partial charge on any atom is 0.254 e. The average molecular weight is 435 g/mol. The van der Waals surface area contributed by atoms with Gasteiger partial charge in [-0.2, -0.15) is 0 Å². The molecule has 0 bridgehead atoms. The Bertz CT molecular complexity index is 1000. The molecule has 0 N–H and O–H groups in total. The van der Waals surface area contributed by atoms with Crippen molar-refractivity contribution >= 4 is 17.5 Å². The highest BCUT2D eigenvalue weighted by Crippen LogP contribution is 2.30. The van der Waals surface area contributed by atoms with Gasteiger partial charge in [0.25, 0.3) is 5.91 Å². The zero-order chi connectivity index (χ0) is 21.6. The quantitative estimate of drug-likeness (QED) is 0.325. The predicted octanol–water partition coefficient (Wildman–Crippen LogP) is 6.73. The second kappa shape index (κ2) is 10.2. The monoisotopic (exact) mass is 434 g/mol. The lowest BCUT2D eigenvalue weighted by Gasteiger charge is -2.24. The van der Waals surface area contributed by atoms with E-state index in [-0.39, 0.29) is 5.91 Å². The fourth-order valence-electron chi connectivity index (χ4n) is 4.04. The number of halogens is 1. The summed E-state index contributed by atoms with van der Waals surface area (Å²) in [6, 6.07) is 20.7. The Morgan fingerprint density at radius 3 is 2.52 bits per heavy atom. The molecule has 162 valence electrons. The van der Waals surface area contributed by atoms with Crippen LogP contribution in [0.5, 0.6) is 0 Å². The molecular formula is C27H31ClN2O. The summed E-state index contributed by atoms with van der Waals surface area (Å²) < 4.78 is 2.20. The fourth-order valence-corrected chi connectivity index (χ4v) is 4.24. The van der Waals surface area contributed by atoms with Crippen molar-refractivity contribution in [3.05, 3.63) is 94.3 Å². The molecule has 2 aromatic carbocycles. The molecule has 4 heteroatoms. The Morgan fingerprint density at radius 1 is 1.03 bits per heavy atom. The van der Waals surface area contributed by atoms with E-state index in [1.807, 2.05) is 41.3 Å². The summed E-state index contributed by atoms with van der Waals surface area (Å²) in [5.41, 5.74) is 4.33. The highest BCUT2D eigenvalue weighted by atomic mass is 35.5. The van der Waals surface area contributed by atoms with Gasteiger partial charge in [-0.05, 0) is 67.1 Å². The van der Waals surface area contributed by atoms with Crippen LogP contribution in [-0.2, 0) is 19.5 Å². The molecule has 1 amide bonds. The highest BCUT2D eigenvalue weighted by Gasteiger charge is 2.33. The summed E-state index contributed by atoms with van der Waals surface area (Å²) in [5, 5.41) is 0.774. The lowest BCUT2D eigenvalue weighted by atomic mass is 10.0. The van der Waals surface area contributed by atoms with Crippen molar-refractivity contribution in [2.75, 3.05) is 0 Å². The first kappa shape index (κ1) is 21.7. The van der Waals surface area contributed by atoms with Crippen LogP contribution >= 0.6 is 11.6 Å². The van der Waals surface area contributed by atoms with Gasteiger partial charge in [0, 0.05) is 35.1 Å². The van der Waals surface area contributed by atoms with E-state index < -0.39 is 0 Å². The first-order valence-electron chi connectivity index (χ1n) is 11.4. The molecule has 4 rings (SSSR count). The molecule has 1 aliphatic carbocycles. The molecule has 0 atom stereocenters. The number of carbonyl (C=O) groups excluding carboxylic acids is 1. The van der Waals surface area contributed by atoms with Gasteiger partial charge in [-0.15, -0.1) is 0 Å². The average Bonchev–Trinajstić information content (AvgIpc) is 3.54. The van der Waals surface area contributed by atoms with E-state index in [1.54, 1.807) is 0 Å². The molecule has 31 heavy (non-hydrogen) atoms. The second-order valence-corrected chi connectivity index (χ2v) is 8.94. The number of aryl methyl sites for hydroxylation is 1. The molecule has 1 aromatic heterocycles. The lowest BCUT2D eigenvalue weighted by molar-refractivity contribution is 0.0726. The minimum absolute atomic E-state index is 0.133. The number of nitrogens with zero attached hydrogens (tertiary/aromatic N) is 2. The number of hydrogen-bond acceptors (Lipinski definition) is 1. The van der Waals surface area contributed by atoms with Crippen molar-refractivity contribution < 1.29 is 4.79 Å². The third-order valence-corrected chi connectivity index (χ3v) is 6.44. The Kier molecular flexibility index (Phi) is 7.14. The summed E-state index contributed by atoms with van der Waals surface area (Å²) in [6.07, 6.45) is 9.02. The van der Waals surface area contributed by atoms with Crippen LogP contribution < -0.4 is 0 Å². The molecule has 1 aliphatic rings. The van der Waals surface area contributed by atoms with Gasteiger partial charge in [0.1, 0.15) is 0 Å². The van der Waals surface area contributed by atoms with Gasteiger partial charge in [-0.3, -0.25) is 4.79 Å². The predicted molar refractivity (Wildman–Crippen MR) is 128 cm³/mol. The SMILES string of the molecule is CCCCCc1ccc(C(=O)N(Cc2cccn2Cc2ccccc2Cl)C2CC2)cc1. The first-order valence-corrected chi connectivity index (χ1v) is 11.8. The molecule has 0 spiro atoms. The Balaban J connectivity index is 1.46. The zero-order valence-corrected chi connectivity index (χ0v) is 19.0. The first-order chi connectivity index (χ1) is 15.2. The van der Waals surface area contributed by atoms with E-state index >= 15 is 0 Å². The number of hydrogen-bond donors (Lipinski definition) is 0. The minimum Gasteiger partial charge on any atom is -0.345 e. The van der Waals surface area contributed by atoms with E-state index in [9.17, 15) is 4.79 Å². The molecule has 1 heterocycles. The normalized spacial score (nSPS) is 13.4.